The van der Waals surface area contributed by atoms with Gasteiger partial charge in [0.1, 0.15) is 0 Å². The molecule has 0 unspecified atom stereocenters. The summed E-state index contributed by atoms with van der Waals surface area (Å²) in [6.07, 6.45) is 6.03. The lowest BCUT2D eigenvalue weighted by Crippen LogP contribution is -2.34. The third-order valence-corrected chi connectivity index (χ3v) is 6.26. The van der Waals surface area contributed by atoms with Crippen LogP contribution < -0.4 is 10.4 Å². The van der Waals surface area contributed by atoms with E-state index >= 15 is 0 Å². The van der Waals surface area contributed by atoms with Crippen LogP contribution in [0.15, 0.2) is 83.0 Å². The van der Waals surface area contributed by atoms with E-state index in [1.54, 1.807) is 12.1 Å². The summed E-state index contributed by atoms with van der Waals surface area (Å²) in [4.78, 5) is 0. The van der Waals surface area contributed by atoms with Crippen LogP contribution in [0.1, 0.15) is 17.2 Å². The highest BCUT2D eigenvalue weighted by Gasteiger charge is 2.27. The zero-order valence-electron chi connectivity index (χ0n) is 15.4. The van der Waals surface area contributed by atoms with Gasteiger partial charge < -0.3 is 0 Å². The van der Waals surface area contributed by atoms with E-state index in [-0.39, 0.29) is 6.04 Å². The number of hydrogen-bond acceptors (Lipinski definition) is 2. The van der Waals surface area contributed by atoms with Gasteiger partial charge in [-0.2, -0.15) is 0 Å². The fraction of sp³-hybridized carbons (Fsp3) is 0.0435. The molecule has 1 atom stereocenters. The third-order valence-electron chi connectivity index (χ3n) is 4.64. The molecule has 1 aliphatic rings. The van der Waals surface area contributed by atoms with Crippen LogP contribution in [0, 0.1) is 0 Å². The normalized spacial score (nSPS) is 16.1. The first-order valence-electron chi connectivity index (χ1n) is 9.02. The average Bonchev–Trinajstić information content (AvgIpc) is 3.11. The molecule has 0 bridgehead atoms. The molecule has 0 aromatic heterocycles. The fourth-order valence-corrected chi connectivity index (χ4v) is 4.60. The summed E-state index contributed by atoms with van der Waals surface area (Å²) in [7, 11) is 0. The van der Waals surface area contributed by atoms with Gasteiger partial charge in [0.05, 0.1) is 17.4 Å². The molecule has 0 amide bonds. The number of nitrogens with one attached hydrogen (secondary N) is 1. The minimum atomic E-state index is -0.121. The van der Waals surface area contributed by atoms with Crippen molar-refractivity contribution >= 4 is 74.1 Å². The van der Waals surface area contributed by atoms with Crippen LogP contribution in [0.5, 0.6) is 0 Å². The van der Waals surface area contributed by atoms with Crippen LogP contribution in [0.25, 0.3) is 6.08 Å². The van der Waals surface area contributed by atoms with E-state index in [9.17, 15) is 0 Å². The maximum absolute atomic E-state index is 6.52. The lowest BCUT2D eigenvalue weighted by molar-refractivity contribution is 0.709. The molecule has 4 rings (SSSR count). The summed E-state index contributed by atoms with van der Waals surface area (Å²) in [5.74, 6) is 0. The van der Waals surface area contributed by atoms with E-state index in [2.05, 4.69) is 32.4 Å². The van der Waals surface area contributed by atoms with Crippen molar-refractivity contribution in [3.05, 3.63) is 114 Å². The lowest BCUT2D eigenvalue weighted by atomic mass is 10.1. The Morgan fingerprint density at radius 3 is 2.27 bits per heavy atom. The van der Waals surface area contributed by atoms with E-state index < -0.39 is 0 Å². The molecule has 1 N–H and O–H groups in total. The molecule has 3 aromatic carbocycles. The second-order valence-corrected chi connectivity index (χ2v) is 9.30. The molecule has 2 nitrogen and oxygen atoms in total. The van der Waals surface area contributed by atoms with Gasteiger partial charge in [0, 0.05) is 24.6 Å². The monoisotopic (exact) mass is 538 g/mol. The number of hydrazine groups is 1. The summed E-state index contributed by atoms with van der Waals surface area (Å²) in [5.41, 5.74) is 7.18. The summed E-state index contributed by atoms with van der Waals surface area (Å²) in [6.45, 7) is 0. The van der Waals surface area contributed by atoms with Gasteiger partial charge in [-0.1, -0.05) is 86.6 Å². The molecule has 0 fully saturated rings. The van der Waals surface area contributed by atoms with E-state index in [0.717, 1.165) is 27.0 Å². The van der Waals surface area contributed by atoms with Gasteiger partial charge in [-0.3, -0.25) is 10.4 Å². The predicted molar refractivity (Wildman–Crippen MR) is 133 cm³/mol. The van der Waals surface area contributed by atoms with Gasteiger partial charge in [0.2, 0.25) is 0 Å². The van der Waals surface area contributed by atoms with Crippen molar-refractivity contribution in [1.82, 2.24) is 5.43 Å². The van der Waals surface area contributed by atoms with E-state index in [1.165, 1.54) is 0 Å². The van der Waals surface area contributed by atoms with Crippen LogP contribution in [0.4, 0.5) is 5.69 Å². The molecule has 30 heavy (non-hydrogen) atoms. The van der Waals surface area contributed by atoms with Crippen LogP contribution >= 0.6 is 62.3 Å². The van der Waals surface area contributed by atoms with Gasteiger partial charge in [-0.25, -0.2) is 0 Å². The van der Waals surface area contributed by atoms with Gasteiger partial charge in [0.15, 0.2) is 0 Å². The Labute approximate surface area is 203 Å². The highest BCUT2D eigenvalue weighted by molar-refractivity contribution is 9.10. The van der Waals surface area contributed by atoms with Crippen LogP contribution in [-0.4, -0.2) is 0 Å². The van der Waals surface area contributed by atoms with Crippen molar-refractivity contribution in [2.45, 2.75) is 6.04 Å². The highest BCUT2D eigenvalue weighted by atomic mass is 79.9. The third kappa shape index (κ3) is 4.82. The van der Waals surface area contributed by atoms with Crippen molar-refractivity contribution < 1.29 is 0 Å². The van der Waals surface area contributed by atoms with E-state index in [4.69, 9.17) is 46.4 Å². The second kappa shape index (κ2) is 9.25. The Kier molecular flexibility index (Phi) is 6.66. The number of allylic oxidation sites excluding steroid dienone is 1. The maximum atomic E-state index is 6.52. The molecule has 0 spiro atoms. The summed E-state index contributed by atoms with van der Waals surface area (Å²) >= 11 is 28.5. The Hall–Kier alpha value is -1.62. The van der Waals surface area contributed by atoms with Crippen molar-refractivity contribution in [3.8, 4) is 0 Å². The molecule has 0 radical (unpaired) electrons. The van der Waals surface area contributed by atoms with E-state index in [1.807, 2.05) is 60.7 Å². The van der Waals surface area contributed by atoms with Crippen molar-refractivity contribution in [1.29, 1.82) is 0 Å². The Bertz CT molecular complexity index is 1160. The molecular formula is C23H15BrCl4N2. The number of nitrogens with zero attached hydrogens (tertiary/aromatic N) is 1. The minimum absolute atomic E-state index is 0.121. The molecule has 0 aliphatic carbocycles. The molecule has 1 aliphatic heterocycles. The topological polar surface area (TPSA) is 15.3 Å². The highest BCUT2D eigenvalue weighted by Crippen LogP contribution is 2.37. The van der Waals surface area contributed by atoms with Crippen molar-refractivity contribution in [3.63, 3.8) is 0 Å². The standard InChI is InChI=1S/C23H15BrCl4N2/c24-15-2-1-3-19(10-15)30-23(20-9-7-17(26)12-22(20)28)13-18(29-30)8-5-14-4-6-16(25)11-21(14)27/h1-13,23,29H/t23-/m1/s1. The smallest absolute Gasteiger partial charge is 0.0972 e. The second-order valence-electron chi connectivity index (χ2n) is 6.69. The lowest BCUT2D eigenvalue weighted by Gasteiger charge is -2.28. The number of rotatable bonds is 4. The van der Waals surface area contributed by atoms with Gasteiger partial charge >= 0.3 is 0 Å². The number of anilines is 1. The van der Waals surface area contributed by atoms with Gasteiger partial charge in [0.25, 0.3) is 0 Å². The Balaban J connectivity index is 1.70. The minimum Gasteiger partial charge on any atom is -0.298 e. The fourth-order valence-electron chi connectivity index (χ4n) is 3.22. The number of hydrogen-bond donors (Lipinski definition) is 1. The number of halogens is 5. The van der Waals surface area contributed by atoms with Gasteiger partial charge in [-0.15, -0.1) is 0 Å². The Morgan fingerprint density at radius 1 is 0.833 bits per heavy atom. The SMILES string of the molecule is Clc1ccc(C=CC2=C[C@H](c3ccc(Cl)cc3Cl)N(c3cccc(Br)c3)N2)c(Cl)c1. The first-order valence-corrected chi connectivity index (χ1v) is 11.3. The molecule has 3 aromatic rings. The summed E-state index contributed by atoms with van der Waals surface area (Å²) in [5, 5.41) is 4.47. The predicted octanol–water partition coefficient (Wildman–Crippen LogP) is 8.73. The summed E-state index contributed by atoms with van der Waals surface area (Å²) in [6, 6.07) is 18.9. The van der Waals surface area contributed by atoms with Crippen LogP contribution in [0.2, 0.25) is 20.1 Å². The maximum Gasteiger partial charge on any atom is 0.0972 e. The molecule has 1 heterocycles. The van der Waals surface area contributed by atoms with Crippen molar-refractivity contribution in [2.75, 3.05) is 5.01 Å². The first-order chi connectivity index (χ1) is 14.4. The van der Waals surface area contributed by atoms with Crippen LogP contribution in [-0.2, 0) is 0 Å². The zero-order valence-corrected chi connectivity index (χ0v) is 20.0. The quantitative estimate of drug-likeness (QED) is 0.356. The molecule has 7 heteroatoms. The number of benzene rings is 3. The molecule has 152 valence electrons. The zero-order chi connectivity index (χ0) is 21.3. The van der Waals surface area contributed by atoms with Crippen LogP contribution in [0.3, 0.4) is 0 Å². The molecule has 0 saturated carbocycles. The van der Waals surface area contributed by atoms with E-state index in [0.29, 0.717) is 20.1 Å². The Morgan fingerprint density at radius 2 is 1.57 bits per heavy atom. The van der Waals surface area contributed by atoms with Gasteiger partial charge in [-0.05, 0) is 65.7 Å². The molecule has 0 saturated heterocycles. The summed E-state index contributed by atoms with van der Waals surface area (Å²) < 4.78 is 0.986. The first kappa shape index (κ1) is 21.6. The average molecular weight is 541 g/mol. The largest absolute Gasteiger partial charge is 0.298 e. The molecular weight excluding hydrogens is 526 g/mol. The van der Waals surface area contributed by atoms with Crippen molar-refractivity contribution in [2.24, 2.45) is 0 Å².